The Hall–Kier alpha value is -1.56. The first-order valence-corrected chi connectivity index (χ1v) is 4.87. The number of allylic oxidation sites excluding steroid dienone is 11. The summed E-state index contributed by atoms with van der Waals surface area (Å²) in [5.74, 6) is 0. The SMILES string of the molecule is C=CC=C(/C=C\C)C1=CC=CCC=C1. The molecule has 14 heavy (non-hydrogen) atoms. The molecule has 0 nitrogen and oxygen atoms in total. The lowest BCUT2D eigenvalue weighted by Gasteiger charge is -2.00. The van der Waals surface area contributed by atoms with Gasteiger partial charge in [-0.3, -0.25) is 0 Å². The van der Waals surface area contributed by atoms with Gasteiger partial charge in [-0.1, -0.05) is 61.3 Å². The molecular formula is C14H16. The van der Waals surface area contributed by atoms with Crippen LogP contribution in [0.3, 0.4) is 0 Å². The van der Waals surface area contributed by atoms with E-state index in [1.807, 2.05) is 25.2 Å². The van der Waals surface area contributed by atoms with Gasteiger partial charge < -0.3 is 0 Å². The van der Waals surface area contributed by atoms with Gasteiger partial charge in [-0.25, -0.2) is 0 Å². The number of hydrogen-bond donors (Lipinski definition) is 0. The highest BCUT2D eigenvalue weighted by atomic mass is 14.0. The molecule has 72 valence electrons. The maximum Gasteiger partial charge on any atom is -0.0163 e. The maximum atomic E-state index is 3.72. The molecule has 0 aromatic heterocycles. The summed E-state index contributed by atoms with van der Waals surface area (Å²) in [6, 6.07) is 0. The van der Waals surface area contributed by atoms with Crippen LogP contribution >= 0.6 is 0 Å². The Morgan fingerprint density at radius 2 is 2.29 bits per heavy atom. The van der Waals surface area contributed by atoms with Gasteiger partial charge in [0, 0.05) is 0 Å². The zero-order valence-corrected chi connectivity index (χ0v) is 8.61. The number of hydrogen-bond acceptors (Lipinski definition) is 0. The van der Waals surface area contributed by atoms with E-state index in [0.717, 1.165) is 6.42 Å². The highest BCUT2D eigenvalue weighted by Crippen LogP contribution is 2.16. The lowest BCUT2D eigenvalue weighted by Crippen LogP contribution is -1.81. The lowest BCUT2D eigenvalue weighted by atomic mass is 10.0. The molecule has 0 aromatic carbocycles. The van der Waals surface area contributed by atoms with Gasteiger partial charge in [0.2, 0.25) is 0 Å². The van der Waals surface area contributed by atoms with E-state index in [9.17, 15) is 0 Å². The van der Waals surface area contributed by atoms with E-state index in [1.165, 1.54) is 11.1 Å². The van der Waals surface area contributed by atoms with Crippen LogP contribution in [0.15, 0.2) is 72.4 Å². The van der Waals surface area contributed by atoms with E-state index in [4.69, 9.17) is 0 Å². The smallest absolute Gasteiger partial charge is 0.0163 e. The van der Waals surface area contributed by atoms with Crippen LogP contribution in [-0.2, 0) is 0 Å². The minimum atomic E-state index is 1.01. The summed E-state index contributed by atoms with van der Waals surface area (Å²) < 4.78 is 0. The Balaban J connectivity index is 2.98. The molecule has 0 saturated heterocycles. The third-order valence-corrected chi connectivity index (χ3v) is 1.96. The van der Waals surface area contributed by atoms with Crippen LogP contribution in [0.5, 0.6) is 0 Å². The monoisotopic (exact) mass is 184 g/mol. The fraction of sp³-hybridized carbons (Fsp3) is 0.143. The average molecular weight is 184 g/mol. The molecule has 0 spiro atoms. The van der Waals surface area contributed by atoms with E-state index in [-0.39, 0.29) is 0 Å². The first-order valence-electron chi connectivity index (χ1n) is 4.87. The molecule has 0 unspecified atom stereocenters. The molecule has 0 aliphatic heterocycles. The Morgan fingerprint density at radius 3 is 3.00 bits per heavy atom. The molecule has 1 aliphatic carbocycles. The van der Waals surface area contributed by atoms with E-state index in [2.05, 4.69) is 43.0 Å². The maximum absolute atomic E-state index is 3.72. The van der Waals surface area contributed by atoms with Crippen LogP contribution in [0.2, 0.25) is 0 Å². The summed E-state index contributed by atoms with van der Waals surface area (Å²) in [5, 5.41) is 0. The molecule has 0 fully saturated rings. The second-order valence-corrected chi connectivity index (χ2v) is 3.05. The fourth-order valence-corrected chi connectivity index (χ4v) is 1.33. The predicted molar refractivity (Wildman–Crippen MR) is 64.1 cm³/mol. The van der Waals surface area contributed by atoms with Gasteiger partial charge in [0.05, 0.1) is 0 Å². The molecule has 0 radical (unpaired) electrons. The van der Waals surface area contributed by atoms with Crippen molar-refractivity contribution >= 4 is 0 Å². The summed E-state index contributed by atoms with van der Waals surface area (Å²) in [5.41, 5.74) is 2.43. The van der Waals surface area contributed by atoms with Crippen molar-refractivity contribution < 1.29 is 0 Å². The van der Waals surface area contributed by atoms with Crippen LogP contribution in [0.25, 0.3) is 0 Å². The zero-order valence-electron chi connectivity index (χ0n) is 8.61. The van der Waals surface area contributed by atoms with Gasteiger partial charge >= 0.3 is 0 Å². The highest BCUT2D eigenvalue weighted by Gasteiger charge is 1.96. The molecule has 0 aromatic rings. The minimum absolute atomic E-state index is 1.01. The molecule has 0 N–H and O–H groups in total. The van der Waals surface area contributed by atoms with E-state index < -0.39 is 0 Å². The van der Waals surface area contributed by atoms with Crippen molar-refractivity contribution in [2.75, 3.05) is 0 Å². The first kappa shape index (κ1) is 10.5. The van der Waals surface area contributed by atoms with E-state index in [0.29, 0.717) is 0 Å². The van der Waals surface area contributed by atoms with Crippen LogP contribution in [0.1, 0.15) is 13.3 Å². The summed E-state index contributed by atoms with van der Waals surface area (Å²) in [7, 11) is 0. The predicted octanol–water partition coefficient (Wildman–Crippen LogP) is 4.12. The van der Waals surface area contributed by atoms with Crippen molar-refractivity contribution in [3.05, 3.63) is 72.4 Å². The van der Waals surface area contributed by atoms with Crippen molar-refractivity contribution in [2.45, 2.75) is 13.3 Å². The van der Waals surface area contributed by atoms with Gasteiger partial charge in [-0.05, 0) is 24.5 Å². The fourth-order valence-electron chi connectivity index (χ4n) is 1.33. The quantitative estimate of drug-likeness (QED) is 0.579. The standard InChI is InChI=1S/C14H16/c1-3-9-13(10-4-2)14-11-7-5-6-8-12-14/h3-5,7-12H,1,6H2,2H3/b10-4-,13-9?. The molecule has 0 saturated carbocycles. The van der Waals surface area contributed by atoms with Crippen molar-refractivity contribution in [1.82, 2.24) is 0 Å². The third-order valence-electron chi connectivity index (χ3n) is 1.96. The van der Waals surface area contributed by atoms with Gasteiger partial charge in [0.25, 0.3) is 0 Å². The third kappa shape index (κ3) is 3.06. The van der Waals surface area contributed by atoms with Crippen LogP contribution < -0.4 is 0 Å². The Bertz CT molecular complexity index is 333. The molecule has 0 bridgehead atoms. The topological polar surface area (TPSA) is 0 Å². The van der Waals surface area contributed by atoms with Crippen molar-refractivity contribution in [2.24, 2.45) is 0 Å². The summed E-state index contributed by atoms with van der Waals surface area (Å²) in [6.45, 7) is 5.74. The molecule has 0 amide bonds. The summed E-state index contributed by atoms with van der Waals surface area (Å²) >= 11 is 0. The Kier molecular flexibility index (Phi) is 4.49. The molecule has 1 rings (SSSR count). The van der Waals surface area contributed by atoms with Gasteiger partial charge in [-0.15, -0.1) is 0 Å². The van der Waals surface area contributed by atoms with Crippen molar-refractivity contribution in [3.63, 3.8) is 0 Å². The molecule has 0 heterocycles. The van der Waals surface area contributed by atoms with Crippen molar-refractivity contribution in [3.8, 4) is 0 Å². The van der Waals surface area contributed by atoms with Crippen molar-refractivity contribution in [1.29, 1.82) is 0 Å². The minimum Gasteiger partial charge on any atom is -0.0990 e. The number of rotatable bonds is 3. The molecular weight excluding hydrogens is 168 g/mol. The summed E-state index contributed by atoms with van der Waals surface area (Å²) in [4.78, 5) is 0. The van der Waals surface area contributed by atoms with Gasteiger partial charge in [0.1, 0.15) is 0 Å². The van der Waals surface area contributed by atoms with Crippen LogP contribution in [0.4, 0.5) is 0 Å². The normalized spacial score (nSPS) is 16.9. The second kappa shape index (κ2) is 5.98. The molecule has 1 aliphatic rings. The first-order chi connectivity index (χ1) is 6.88. The second-order valence-electron chi connectivity index (χ2n) is 3.05. The van der Waals surface area contributed by atoms with Crippen LogP contribution in [0, 0.1) is 0 Å². The summed E-state index contributed by atoms with van der Waals surface area (Å²) in [6.07, 6.45) is 19.7. The molecule has 0 heteroatoms. The van der Waals surface area contributed by atoms with E-state index >= 15 is 0 Å². The van der Waals surface area contributed by atoms with Gasteiger partial charge in [0.15, 0.2) is 0 Å². The van der Waals surface area contributed by atoms with Crippen LogP contribution in [-0.4, -0.2) is 0 Å². The average Bonchev–Trinajstić information content (AvgIpc) is 2.45. The Morgan fingerprint density at radius 1 is 1.43 bits per heavy atom. The zero-order chi connectivity index (χ0) is 10.2. The molecule has 0 atom stereocenters. The van der Waals surface area contributed by atoms with Gasteiger partial charge in [-0.2, -0.15) is 0 Å². The lowest BCUT2D eigenvalue weighted by molar-refractivity contribution is 1.40. The van der Waals surface area contributed by atoms with E-state index in [1.54, 1.807) is 0 Å². The highest BCUT2D eigenvalue weighted by molar-refractivity contribution is 5.50. The largest absolute Gasteiger partial charge is 0.0990 e. The Labute approximate surface area is 86.3 Å².